The van der Waals surface area contributed by atoms with Crippen LogP contribution < -0.4 is 4.74 Å². The Balaban J connectivity index is 2.61. The maximum atomic E-state index is 6.08. The van der Waals surface area contributed by atoms with Crippen LogP contribution in [0.15, 0.2) is 47.9 Å². The van der Waals surface area contributed by atoms with Gasteiger partial charge in [0.05, 0.1) is 26.8 Å². The van der Waals surface area contributed by atoms with Gasteiger partial charge >= 0.3 is 0 Å². The van der Waals surface area contributed by atoms with Gasteiger partial charge in [0.25, 0.3) is 0 Å². The number of ether oxygens (including phenoxy) is 1. The van der Waals surface area contributed by atoms with Crippen molar-refractivity contribution in [1.29, 1.82) is 0 Å². The van der Waals surface area contributed by atoms with Gasteiger partial charge in [-0.25, -0.2) is 0 Å². The Morgan fingerprint density at radius 1 is 0.524 bits per heavy atom. The van der Waals surface area contributed by atoms with Crippen molar-refractivity contribution in [3.63, 3.8) is 0 Å². The first-order valence-corrected chi connectivity index (χ1v) is 11.4. The third kappa shape index (κ3) is 4.19. The third-order valence-corrected chi connectivity index (χ3v) is 9.99. The van der Waals surface area contributed by atoms with Gasteiger partial charge in [0.2, 0.25) is 0 Å². The van der Waals surface area contributed by atoms with E-state index in [4.69, 9.17) is 4.74 Å². The molecule has 0 radical (unpaired) electrons. The maximum absolute atomic E-state index is 6.08. The average Bonchev–Trinajstić information content (AvgIpc) is 2.41. The summed E-state index contributed by atoms with van der Waals surface area (Å²) in [5.74, 6) is 1.33. The molecule has 2 aromatic rings. The van der Waals surface area contributed by atoms with Gasteiger partial charge in [-0.2, -0.15) is 0 Å². The Morgan fingerprint density at radius 3 is 1.33 bits per heavy atom. The average molecular weight is 801 g/mol. The van der Waals surface area contributed by atoms with Crippen molar-refractivity contribution < 1.29 is 4.74 Å². The van der Waals surface area contributed by atoms with Gasteiger partial charge < -0.3 is 4.74 Å². The molecule has 0 fully saturated rings. The lowest BCUT2D eigenvalue weighted by atomic mass is 10.3. The van der Waals surface area contributed by atoms with Gasteiger partial charge in [0.15, 0.2) is 11.5 Å². The van der Waals surface area contributed by atoms with Gasteiger partial charge in [-0.15, -0.1) is 0 Å². The van der Waals surface area contributed by atoms with E-state index in [0.29, 0.717) is 11.5 Å². The predicted molar refractivity (Wildman–Crippen MR) is 115 cm³/mol. The molecule has 0 N–H and O–H groups in total. The first kappa shape index (κ1) is 19.4. The monoisotopic (exact) mass is 793 g/mol. The van der Waals surface area contributed by atoms with Crippen LogP contribution in [0.4, 0.5) is 0 Å². The second-order valence-electron chi connectivity index (χ2n) is 3.70. The summed E-state index contributed by atoms with van der Waals surface area (Å²) in [5.41, 5.74) is 0. The summed E-state index contributed by atoms with van der Waals surface area (Å²) >= 11 is 28.1. The van der Waals surface area contributed by atoms with Crippen LogP contribution in [-0.4, -0.2) is 0 Å². The molecule has 1 nitrogen and oxygen atoms in total. The number of hydrogen-bond acceptors (Lipinski definition) is 1. The van der Waals surface area contributed by atoms with E-state index < -0.39 is 0 Å². The van der Waals surface area contributed by atoms with Gasteiger partial charge in [0.1, 0.15) is 0 Å². The first-order chi connectivity index (χ1) is 9.73. The minimum absolute atomic E-state index is 0.653. The number of hydrogen-bond donors (Lipinski definition) is 0. The fourth-order valence-electron chi connectivity index (χ4n) is 1.40. The first-order valence-electron chi connectivity index (χ1n) is 5.07. The summed E-state index contributed by atoms with van der Waals surface area (Å²) in [6.07, 6.45) is 0. The molecular weight excluding hydrogens is 799 g/mol. The SMILES string of the molecule is Brc1cc(Br)c(Oc2c(Br)c(Br)c(Br)c(Br)c2Br)c(Br)c1. The van der Waals surface area contributed by atoms with Crippen LogP contribution in [0.1, 0.15) is 0 Å². The van der Waals surface area contributed by atoms with E-state index in [1.807, 2.05) is 12.1 Å². The van der Waals surface area contributed by atoms with Crippen molar-refractivity contribution in [3.8, 4) is 11.5 Å². The quantitative estimate of drug-likeness (QED) is 0.217. The van der Waals surface area contributed by atoms with E-state index in [2.05, 4.69) is 127 Å². The Kier molecular flexibility index (Phi) is 7.37. The summed E-state index contributed by atoms with van der Waals surface area (Å²) in [6.45, 7) is 0. The molecule has 0 saturated heterocycles. The van der Waals surface area contributed by atoms with Crippen LogP contribution in [0.5, 0.6) is 11.5 Å². The van der Waals surface area contributed by atoms with Crippen LogP contribution in [0.3, 0.4) is 0 Å². The highest BCUT2D eigenvalue weighted by Gasteiger charge is 2.21. The summed E-state index contributed by atoms with van der Waals surface area (Å²) < 4.78 is 12.9. The largest absolute Gasteiger partial charge is 0.453 e. The molecule has 0 atom stereocenters. The maximum Gasteiger partial charge on any atom is 0.158 e. The van der Waals surface area contributed by atoms with Crippen molar-refractivity contribution >= 4 is 127 Å². The van der Waals surface area contributed by atoms with E-state index in [0.717, 1.165) is 35.8 Å². The van der Waals surface area contributed by atoms with E-state index in [9.17, 15) is 0 Å². The van der Waals surface area contributed by atoms with Crippen LogP contribution >= 0.6 is 127 Å². The topological polar surface area (TPSA) is 9.23 Å². The Hall–Kier alpha value is 2.08. The number of halogens is 8. The molecule has 0 bridgehead atoms. The molecule has 2 rings (SSSR count). The molecule has 9 heteroatoms. The second-order valence-corrected chi connectivity index (χ2v) is 10.3. The Bertz CT molecular complexity index is 676. The zero-order chi connectivity index (χ0) is 15.9. The van der Waals surface area contributed by atoms with Crippen molar-refractivity contribution in [2.45, 2.75) is 0 Å². The fourth-order valence-corrected chi connectivity index (χ4v) is 7.00. The smallest absolute Gasteiger partial charge is 0.158 e. The molecule has 112 valence electrons. The normalized spacial score (nSPS) is 10.9. The Morgan fingerprint density at radius 2 is 0.905 bits per heavy atom. The van der Waals surface area contributed by atoms with E-state index in [-0.39, 0.29) is 0 Å². The highest BCUT2D eigenvalue weighted by atomic mass is 79.9. The summed E-state index contributed by atoms with van der Waals surface area (Å²) in [4.78, 5) is 0. The number of benzene rings is 2. The molecule has 0 spiro atoms. The second kappa shape index (κ2) is 7.97. The molecule has 0 aliphatic carbocycles. The van der Waals surface area contributed by atoms with Crippen LogP contribution in [0.25, 0.3) is 0 Å². The molecule has 0 heterocycles. The molecular formula is C12H2Br8O. The summed E-state index contributed by atoms with van der Waals surface area (Å²) in [5, 5.41) is 0. The van der Waals surface area contributed by atoms with Gasteiger partial charge in [-0.1, -0.05) is 15.9 Å². The van der Waals surface area contributed by atoms with Crippen molar-refractivity contribution in [2.75, 3.05) is 0 Å². The van der Waals surface area contributed by atoms with Crippen molar-refractivity contribution in [1.82, 2.24) is 0 Å². The van der Waals surface area contributed by atoms with Crippen molar-refractivity contribution in [2.24, 2.45) is 0 Å². The van der Waals surface area contributed by atoms with Crippen LogP contribution in [-0.2, 0) is 0 Å². The molecule has 0 aliphatic heterocycles. The standard InChI is InChI=1S/C12H2Br8O/c13-3-1-4(14)11(5(15)2-3)21-12-9(19)7(17)6(16)8(18)10(12)20/h1-2H. The minimum atomic E-state index is 0.653. The van der Waals surface area contributed by atoms with Crippen LogP contribution in [0, 0.1) is 0 Å². The molecule has 0 unspecified atom stereocenters. The lowest BCUT2D eigenvalue weighted by molar-refractivity contribution is 0.469. The van der Waals surface area contributed by atoms with E-state index in [1.54, 1.807) is 0 Å². The summed E-state index contributed by atoms with van der Waals surface area (Å²) in [6, 6.07) is 3.84. The lowest BCUT2D eigenvalue weighted by Gasteiger charge is -2.16. The zero-order valence-electron chi connectivity index (χ0n) is 9.59. The minimum Gasteiger partial charge on any atom is -0.453 e. The molecule has 0 saturated carbocycles. The molecule has 2 aromatic carbocycles. The highest BCUT2D eigenvalue weighted by molar-refractivity contribution is 9.16. The lowest BCUT2D eigenvalue weighted by Crippen LogP contribution is -1.92. The molecule has 0 amide bonds. The van der Waals surface area contributed by atoms with Crippen molar-refractivity contribution in [3.05, 3.63) is 47.9 Å². The highest BCUT2D eigenvalue weighted by Crippen LogP contribution is 2.51. The zero-order valence-corrected chi connectivity index (χ0v) is 22.3. The molecule has 0 aliphatic rings. The van der Waals surface area contributed by atoms with Gasteiger partial charge in [0, 0.05) is 8.95 Å². The van der Waals surface area contributed by atoms with E-state index >= 15 is 0 Å². The third-order valence-electron chi connectivity index (χ3n) is 2.34. The van der Waals surface area contributed by atoms with Gasteiger partial charge in [-0.05, 0) is 124 Å². The molecule has 0 aromatic heterocycles. The van der Waals surface area contributed by atoms with Gasteiger partial charge in [-0.3, -0.25) is 0 Å². The van der Waals surface area contributed by atoms with E-state index in [1.165, 1.54) is 0 Å². The summed E-state index contributed by atoms with van der Waals surface area (Å²) in [7, 11) is 0. The Labute approximate surface area is 189 Å². The molecule has 21 heavy (non-hydrogen) atoms. The predicted octanol–water partition coefficient (Wildman–Crippen LogP) is 9.58. The number of rotatable bonds is 2. The van der Waals surface area contributed by atoms with Crippen LogP contribution in [0.2, 0.25) is 0 Å². The fraction of sp³-hybridized carbons (Fsp3) is 0.